The fourth-order valence-electron chi connectivity index (χ4n) is 6.72. The van der Waals surface area contributed by atoms with Gasteiger partial charge in [0.25, 0.3) is 0 Å². The fraction of sp³-hybridized carbons (Fsp3) is 0.650. The molecule has 0 bridgehead atoms. The third-order valence-electron chi connectivity index (χ3n) is 9.37. The van der Waals surface area contributed by atoms with Gasteiger partial charge in [0.05, 0.1) is 0 Å². The van der Waals surface area contributed by atoms with Crippen LogP contribution in [0.2, 0.25) is 0 Å². The van der Waals surface area contributed by atoms with E-state index < -0.39 is 18.4 Å². The summed E-state index contributed by atoms with van der Waals surface area (Å²) in [6.07, 6.45) is 22.7. The van der Waals surface area contributed by atoms with Crippen LogP contribution in [0.25, 0.3) is 0 Å². The summed E-state index contributed by atoms with van der Waals surface area (Å²) >= 11 is -3.98. The molecule has 0 saturated carbocycles. The molecule has 0 aliphatic rings. The van der Waals surface area contributed by atoms with Gasteiger partial charge in [0.2, 0.25) is 0 Å². The molecule has 0 saturated heterocycles. The average Bonchev–Trinajstić information content (AvgIpc) is 3.04. The summed E-state index contributed by atoms with van der Waals surface area (Å²) in [5, 5.41) is 0. The molecule has 2 unspecified atom stereocenters. The Kier molecular flexibility index (Phi) is 21.3. The van der Waals surface area contributed by atoms with Crippen LogP contribution in [0.5, 0.6) is 0 Å². The fourth-order valence-corrected chi connectivity index (χ4v) is 21.0. The summed E-state index contributed by atoms with van der Waals surface area (Å²) in [6, 6.07) is 20.9. The maximum absolute atomic E-state index is 13.2. The molecule has 0 aromatic heterocycles. The molecule has 0 spiro atoms. The van der Waals surface area contributed by atoms with Crippen molar-refractivity contribution in [2.24, 2.45) is 0 Å². The van der Waals surface area contributed by atoms with Gasteiger partial charge in [0, 0.05) is 0 Å². The normalized spacial score (nSPS) is 12.9. The molecule has 2 aromatic rings. The molecule has 4 nitrogen and oxygen atoms in total. The summed E-state index contributed by atoms with van der Waals surface area (Å²) in [5.41, 5.74) is 0. The van der Waals surface area contributed by atoms with Crippen LogP contribution in [0.3, 0.4) is 0 Å². The molecule has 2 rings (SSSR count). The van der Waals surface area contributed by atoms with E-state index >= 15 is 0 Å². The van der Waals surface area contributed by atoms with Gasteiger partial charge in [-0.25, -0.2) is 0 Å². The molecule has 252 valence electrons. The van der Waals surface area contributed by atoms with Crippen molar-refractivity contribution in [1.29, 1.82) is 0 Å². The van der Waals surface area contributed by atoms with Gasteiger partial charge in [-0.2, -0.15) is 0 Å². The van der Waals surface area contributed by atoms with E-state index in [0.717, 1.165) is 25.7 Å². The summed E-state index contributed by atoms with van der Waals surface area (Å²) in [7, 11) is 0. The number of ether oxygens (including phenoxy) is 2. The molecule has 0 amide bonds. The molecule has 0 fully saturated rings. The quantitative estimate of drug-likeness (QED) is 0.0550. The second-order valence-corrected chi connectivity index (χ2v) is 25.9. The van der Waals surface area contributed by atoms with Crippen molar-refractivity contribution < 1.29 is 19.1 Å². The maximum atomic E-state index is 13.2. The Morgan fingerprint density at radius 1 is 0.489 bits per heavy atom. The molecule has 0 radical (unpaired) electrons. The Hall–Kier alpha value is -1.82. The van der Waals surface area contributed by atoms with Gasteiger partial charge < -0.3 is 0 Å². The standard InChI is InChI=1S/2C14H27O2.2C6H5.Sn/c2*1-3-5-6-7-8-9-10-11-12-13-14(15)16-4-2;2*1-2-4-6-5-3-1;/h2*4H,3,5-13H2,1-2H3;2*1-5H;. The molecule has 0 aliphatic heterocycles. The van der Waals surface area contributed by atoms with Crippen molar-refractivity contribution in [3.8, 4) is 0 Å². The van der Waals surface area contributed by atoms with Crippen LogP contribution in [-0.4, -0.2) is 38.6 Å². The van der Waals surface area contributed by atoms with Gasteiger partial charge in [0.1, 0.15) is 0 Å². The van der Waals surface area contributed by atoms with Gasteiger partial charge >= 0.3 is 255 Å². The first-order valence-electron chi connectivity index (χ1n) is 18.5. The SMILES string of the molecule is CCCCCCCCCCCC(=O)O[CH](C)[Sn]([c]1ccccc1)([c]1ccccc1)[CH](C)OC(=O)CCCCCCCCCCC. The van der Waals surface area contributed by atoms with Crippen LogP contribution in [0, 0.1) is 0 Å². The number of carbonyl (C=O) groups excluding carboxylic acids is 2. The van der Waals surface area contributed by atoms with Crippen LogP contribution in [0.4, 0.5) is 0 Å². The molecule has 2 atom stereocenters. The molecule has 0 N–H and O–H groups in total. The zero-order chi connectivity index (χ0) is 32.6. The van der Waals surface area contributed by atoms with E-state index in [1.54, 1.807) is 0 Å². The number of benzene rings is 2. The molecule has 5 heteroatoms. The zero-order valence-electron chi connectivity index (χ0n) is 29.2. The molecule has 0 aliphatic carbocycles. The molecular formula is C40H64O4Sn. The Morgan fingerprint density at radius 2 is 0.778 bits per heavy atom. The van der Waals surface area contributed by atoms with E-state index in [1.807, 2.05) is 12.1 Å². The summed E-state index contributed by atoms with van der Waals surface area (Å²) in [5.74, 6) is -0.266. The molecular weight excluding hydrogens is 663 g/mol. The molecule has 0 heterocycles. The Balaban J connectivity index is 2.04. The van der Waals surface area contributed by atoms with Crippen molar-refractivity contribution in [3.05, 3.63) is 60.7 Å². The first kappa shape index (κ1) is 39.4. The van der Waals surface area contributed by atoms with Gasteiger partial charge in [0.15, 0.2) is 0 Å². The second kappa shape index (κ2) is 24.4. The Morgan fingerprint density at radius 3 is 1.09 bits per heavy atom. The van der Waals surface area contributed by atoms with Gasteiger partial charge in [-0.3, -0.25) is 0 Å². The summed E-state index contributed by atoms with van der Waals surface area (Å²) in [4.78, 5) is 26.4. The van der Waals surface area contributed by atoms with Crippen molar-refractivity contribution in [1.82, 2.24) is 0 Å². The number of carbonyl (C=O) groups is 2. The van der Waals surface area contributed by atoms with Crippen molar-refractivity contribution >= 4 is 37.5 Å². The van der Waals surface area contributed by atoms with Crippen molar-refractivity contribution in [3.63, 3.8) is 0 Å². The van der Waals surface area contributed by atoms with E-state index in [-0.39, 0.29) is 20.2 Å². The minimum Gasteiger partial charge on any atom is -0.0654 e. The van der Waals surface area contributed by atoms with Crippen LogP contribution < -0.4 is 7.16 Å². The number of hydrogen-bond donors (Lipinski definition) is 0. The topological polar surface area (TPSA) is 52.6 Å². The summed E-state index contributed by atoms with van der Waals surface area (Å²) in [6.45, 7) is 8.60. The Bertz CT molecular complexity index is 942. The average molecular weight is 728 g/mol. The molecule has 2 aromatic carbocycles. The zero-order valence-corrected chi connectivity index (χ0v) is 32.1. The first-order chi connectivity index (χ1) is 22.0. The Labute approximate surface area is 280 Å². The predicted octanol–water partition coefficient (Wildman–Crippen LogP) is 10.0. The number of rotatable bonds is 26. The number of esters is 2. The van der Waals surface area contributed by atoms with Crippen LogP contribution in [0.15, 0.2) is 60.7 Å². The third kappa shape index (κ3) is 14.6. The number of hydrogen-bond acceptors (Lipinski definition) is 4. The van der Waals surface area contributed by atoms with Crippen molar-refractivity contribution in [2.45, 2.75) is 164 Å². The van der Waals surface area contributed by atoms with E-state index in [9.17, 15) is 9.59 Å². The van der Waals surface area contributed by atoms with E-state index in [0.29, 0.717) is 12.8 Å². The van der Waals surface area contributed by atoms with E-state index in [4.69, 9.17) is 9.47 Å². The molecule has 45 heavy (non-hydrogen) atoms. The first-order valence-corrected chi connectivity index (χ1v) is 24.6. The van der Waals surface area contributed by atoms with Gasteiger partial charge in [-0.05, 0) is 0 Å². The minimum absolute atomic E-state index is 0.133. The minimum atomic E-state index is -3.98. The summed E-state index contributed by atoms with van der Waals surface area (Å²) < 4.78 is 14.4. The van der Waals surface area contributed by atoms with Gasteiger partial charge in [-0.1, -0.05) is 26.7 Å². The third-order valence-corrected chi connectivity index (χ3v) is 24.7. The van der Waals surface area contributed by atoms with Crippen molar-refractivity contribution in [2.75, 3.05) is 0 Å². The van der Waals surface area contributed by atoms with E-state index in [1.165, 1.54) is 97.1 Å². The van der Waals surface area contributed by atoms with Crippen LogP contribution in [0.1, 0.15) is 156 Å². The smallest absolute Gasteiger partial charge is 0.0654 e. The monoisotopic (exact) mass is 728 g/mol. The predicted molar refractivity (Wildman–Crippen MR) is 193 cm³/mol. The van der Waals surface area contributed by atoms with Crippen LogP contribution >= 0.6 is 0 Å². The van der Waals surface area contributed by atoms with E-state index in [2.05, 4.69) is 76.2 Å². The second-order valence-electron chi connectivity index (χ2n) is 13.0. The number of unbranched alkanes of at least 4 members (excludes halogenated alkanes) is 16. The van der Waals surface area contributed by atoms with Gasteiger partial charge in [-0.15, -0.1) is 0 Å². The van der Waals surface area contributed by atoms with Crippen LogP contribution in [-0.2, 0) is 19.1 Å².